The summed E-state index contributed by atoms with van der Waals surface area (Å²) in [5.74, 6) is 1.40. The zero-order valence-electron chi connectivity index (χ0n) is 11.7. The summed E-state index contributed by atoms with van der Waals surface area (Å²) >= 11 is 0. The van der Waals surface area contributed by atoms with E-state index in [0.717, 1.165) is 22.8 Å². The summed E-state index contributed by atoms with van der Waals surface area (Å²) in [5, 5.41) is 0. The molecule has 100 valence electrons. The molecule has 0 spiro atoms. The number of aromatic nitrogens is 2. The van der Waals surface area contributed by atoms with E-state index in [1.165, 1.54) is 0 Å². The Bertz CT molecular complexity index is 551. The molecule has 1 aliphatic rings. The molecule has 0 bridgehead atoms. The molecule has 1 unspecified atom stereocenters. The summed E-state index contributed by atoms with van der Waals surface area (Å²) in [6, 6.07) is 10.2. The Balaban J connectivity index is 0.000000639. The quantitative estimate of drug-likeness (QED) is 0.760. The molecule has 0 aliphatic heterocycles. The Morgan fingerprint density at radius 1 is 1.05 bits per heavy atom. The van der Waals surface area contributed by atoms with Crippen LogP contribution in [0.4, 0.5) is 0 Å². The van der Waals surface area contributed by atoms with Crippen LogP contribution in [0.5, 0.6) is 0 Å². The van der Waals surface area contributed by atoms with Gasteiger partial charge in [-0.05, 0) is 18.1 Å². The predicted octanol–water partition coefficient (Wildman–Crippen LogP) is 5.03. The molecule has 3 rings (SSSR count). The molecule has 1 aliphatic carbocycles. The highest BCUT2D eigenvalue weighted by Crippen LogP contribution is 2.22. The topological polar surface area (TPSA) is 28.7 Å². The van der Waals surface area contributed by atoms with Crippen molar-refractivity contribution >= 4 is 12.2 Å². The lowest BCUT2D eigenvalue weighted by atomic mass is 10.2. The van der Waals surface area contributed by atoms with Gasteiger partial charge in [-0.2, -0.15) is 0 Å². The van der Waals surface area contributed by atoms with Crippen molar-refractivity contribution in [2.45, 2.75) is 20.8 Å². The fraction of sp³-hybridized carbons (Fsp3) is 0.235. The van der Waals surface area contributed by atoms with Gasteiger partial charge in [0.05, 0.1) is 11.4 Å². The van der Waals surface area contributed by atoms with Crippen molar-refractivity contribution in [2.75, 3.05) is 0 Å². The standard InChI is InChI=1S/C15H14N2.C2H6.H2/c1-11-7-9-13-14(10-8-11)17-15(16-13)12-5-3-2-4-6-12;1-2;/h2-11H,1H3,(H,16,17);1-2H3;1H. The molecule has 2 aromatic rings. The van der Waals surface area contributed by atoms with Crippen molar-refractivity contribution in [3.8, 4) is 11.4 Å². The van der Waals surface area contributed by atoms with E-state index in [-0.39, 0.29) is 1.43 Å². The molecule has 1 heterocycles. The van der Waals surface area contributed by atoms with Crippen LogP contribution in [-0.2, 0) is 0 Å². The molecule has 1 aromatic carbocycles. The lowest BCUT2D eigenvalue weighted by Crippen LogP contribution is -1.81. The van der Waals surface area contributed by atoms with Crippen molar-refractivity contribution in [2.24, 2.45) is 5.92 Å². The van der Waals surface area contributed by atoms with E-state index in [9.17, 15) is 0 Å². The van der Waals surface area contributed by atoms with E-state index in [0.29, 0.717) is 5.92 Å². The van der Waals surface area contributed by atoms with Gasteiger partial charge in [-0.25, -0.2) is 4.98 Å². The summed E-state index contributed by atoms with van der Waals surface area (Å²) in [6.07, 6.45) is 8.54. The van der Waals surface area contributed by atoms with Crippen LogP contribution >= 0.6 is 0 Å². The second kappa shape index (κ2) is 6.19. The van der Waals surface area contributed by atoms with Crippen molar-refractivity contribution in [3.63, 3.8) is 0 Å². The molecule has 1 atom stereocenters. The molecule has 2 nitrogen and oxygen atoms in total. The van der Waals surface area contributed by atoms with E-state index in [4.69, 9.17) is 0 Å². The van der Waals surface area contributed by atoms with Crippen LogP contribution in [0.3, 0.4) is 0 Å². The highest BCUT2D eigenvalue weighted by Gasteiger charge is 2.09. The number of rotatable bonds is 1. The summed E-state index contributed by atoms with van der Waals surface area (Å²) < 4.78 is 0. The smallest absolute Gasteiger partial charge is 0.138 e. The van der Waals surface area contributed by atoms with E-state index in [1.807, 2.05) is 32.0 Å². The van der Waals surface area contributed by atoms with Gasteiger partial charge < -0.3 is 4.98 Å². The van der Waals surface area contributed by atoms with E-state index < -0.39 is 0 Å². The molecule has 1 N–H and O–H groups in total. The number of imidazole rings is 1. The lowest BCUT2D eigenvalue weighted by Gasteiger charge is -1.95. The van der Waals surface area contributed by atoms with Gasteiger partial charge in [-0.15, -0.1) is 0 Å². The lowest BCUT2D eigenvalue weighted by molar-refractivity contribution is 0.953. The van der Waals surface area contributed by atoms with Gasteiger partial charge in [0.15, 0.2) is 0 Å². The number of fused-ring (bicyclic) bond motifs is 1. The maximum atomic E-state index is 4.62. The molecular formula is C17H22N2. The third-order valence-corrected chi connectivity index (χ3v) is 2.93. The van der Waals surface area contributed by atoms with Gasteiger partial charge >= 0.3 is 0 Å². The van der Waals surface area contributed by atoms with Gasteiger partial charge in [-0.3, -0.25) is 0 Å². The predicted molar refractivity (Wildman–Crippen MR) is 84.7 cm³/mol. The Labute approximate surface area is 116 Å². The first-order chi connectivity index (χ1) is 9.33. The van der Waals surface area contributed by atoms with E-state index in [1.54, 1.807) is 0 Å². The number of aromatic amines is 1. The van der Waals surface area contributed by atoms with Gasteiger partial charge in [0, 0.05) is 6.99 Å². The first-order valence-corrected chi connectivity index (χ1v) is 6.85. The molecule has 0 radical (unpaired) electrons. The van der Waals surface area contributed by atoms with Crippen LogP contribution in [0, 0.1) is 5.92 Å². The minimum Gasteiger partial charge on any atom is -0.338 e. The molecule has 2 heteroatoms. The SMILES string of the molecule is CC.CC1C=Cc2nc(-c3ccccc3)[nH]c2C=C1.[HH]. The molecule has 19 heavy (non-hydrogen) atoms. The fourth-order valence-corrected chi connectivity index (χ4v) is 1.94. The Morgan fingerprint density at radius 3 is 2.47 bits per heavy atom. The molecule has 1 aromatic heterocycles. The summed E-state index contributed by atoms with van der Waals surface area (Å²) in [7, 11) is 0. The van der Waals surface area contributed by atoms with Gasteiger partial charge in [0.1, 0.15) is 5.82 Å². The summed E-state index contributed by atoms with van der Waals surface area (Å²) in [6.45, 7) is 6.16. The third-order valence-electron chi connectivity index (χ3n) is 2.93. The molecular weight excluding hydrogens is 232 g/mol. The van der Waals surface area contributed by atoms with Gasteiger partial charge in [0.25, 0.3) is 0 Å². The molecule has 0 saturated heterocycles. The number of hydrogen-bond donors (Lipinski definition) is 1. The number of nitrogens with one attached hydrogen (secondary N) is 1. The molecule has 0 amide bonds. The van der Waals surface area contributed by atoms with E-state index >= 15 is 0 Å². The van der Waals surface area contributed by atoms with Crippen molar-refractivity contribution in [1.82, 2.24) is 9.97 Å². The number of nitrogens with zero attached hydrogens (tertiary/aromatic N) is 1. The minimum absolute atomic E-state index is 0. The van der Waals surface area contributed by atoms with Crippen LogP contribution < -0.4 is 0 Å². The molecule has 0 saturated carbocycles. The number of hydrogen-bond acceptors (Lipinski definition) is 1. The van der Waals surface area contributed by atoms with Crippen LogP contribution in [0.2, 0.25) is 0 Å². The maximum absolute atomic E-state index is 4.62. The van der Waals surface area contributed by atoms with Crippen molar-refractivity contribution in [1.29, 1.82) is 0 Å². The Hall–Kier alpha value is -2.09. The van der Waals surface area contributed by atoms with Gasteiger partial charge in [0.2, 0.25) is 0 Å². The average Bonchev–Trinajstić information content (AvgIpc) is 2.81. The van der Waals surface area contributed by atoms with Crippen LogP contribution in [-0.4, -0.2) is 9.97 Å². The minimum atomic E-state index is 0. The zero-order valence-corrected chi connectivity index (χ0v) is 11.7. The highest BCUT2D eigenvalue weighted by atomic mass is 14.9. The summed E-state index contributed by atoms with van der Waals surface area (Å²) in [5.41, 5.74) is 3.23. The summed E-state index contributed by atoms with van der Waals surface area (Å²) in [4.78, 5) is 7.98. The first kappa shape index (κ1) is 13.3. The Morgan fingerprint density at radius 2 is 1.74 bits per heavy atom. The molecule has 0 fully saturated rings. The first-order valence-electron chi connectivity index (χ1n) is 6.85. The van der Waals surface area contributed by atoms with Crippen LogP contribution in [0.25, 0.3) is 23.5 Å². The van der Waals surface area contributed by atoms with Crippen molar-refractivity contribution in [3.05, 3.63) is 53.9 Å². The normalized spacial score (nSPS) is 13.4. The van der Waals surface area contributed by atoms with E-state index in [2.05, 4.69) is 53.3 Å². The zero-order chi connectivity index (χ0) is 13.7. The van der Waals surface area contributed by atoms with Crippen molar-refractivity contribution < 1.29 is 1.43 Å². The fourth-order valence-electron chi connectivity index (χ4n) is 1.94. The van der Waals surface area contributed by atoms with Gasteiger partial charge in [-0.1, -0.05) is 63.3 Å². The number of allylic oxidation sites excluding steroid dienone is 2. The number of H-pyrrole nitrogens is 1. The Kier molecular flexibility index (Phi) is 4.35. The largest absolute Gasteiger partial charge is 0.338 e. The second-order valence-electron chi connectivity index (χ2n) is 4.33. The second-order valence-corrected chi connectivity index (χ2v) is 4.33. The third kappa shape index (κ3) is 3.02. The number of benzene rings is 1. The van der Waals surface area contributed by atoms with Crippen LogP contribution in [0.1, 0.15) is 33.6 Å². The average molecular weight is 254 g/mol. The maximum Gasteiger partial charge on any atom is 0.138 e. The highest BCUT2D eigenvalue weighted by molar-refractivity contribution is 5.67. The van der Waals surface area contributed by atoms with Crippen LogP contribution in [0.15, 0.2) is 42.5 Å². The monoisotopic (exact) mass is 254 g/mol.